The maximum atomic E-state index is 12.9. The van der Waals surface area contributed by atoms with E-state index in [4.69, 9.17) is 4.52 Å². The van der Waals surface area contributed by atoms with Gasteiger partial charge in [-0.1, -0.05) is 17.3 Å². The summed E-state index contributed by atoms with van der Waals surface area (Å²) in [5, 5.41) is 8.45. The molecule has 0 aliphatic heterocycles. The van der Waals surface area contributed by atoms with Crippen molar-refractivity contribution in [2.24, 2.45) is 0 Å². The molecule has 0 atom stereocenters. The first kappa shape index (κ1) is 12.5. The van der Waals surface area contributed by atoms with E-state index in [0.29, 0.717) is 22.4 Å². The third-order valence-corrected chi connectivity index (χ3v) is 3.16. The van der Waals surface area contributed by atoms with Gasteiger partial charge in [0.15, 0.2) is 5.58 Å². The lowest BCUT2D eigenvalue weighted by atomic mass is 10.2. The second-order valence-corrected chi connectivity index (χ2v) is 4.65. The Morgan fingerprint density at radius 2 is 1.90 bits per heavy atom. The molecule has 0 N–H and O–H groups in total. The van der Waals surface area contributed by atoms with Crippen molar-refractivity contribution in [1.82, 2.24) is 14.9 Å². The van der Waals surface area contributed by atoms with Gasteiger partial charge in [-0.2, -0.15) is 5.10 Å². The van der Waals surface area contributed by atoms with Crippen LogP contribution in [-0.4, -0.2) is 14.9 Å². The summed E-state index contributed by atoms with van der Waals surface area (Å²) in [6.45, 7) is 3.75. The quantitative estimate of drug-likeness (QED) is 0.718. The van der Waals surface area contributed by atoms with Crippen molar-refractivity contribution >= 4 is 11.0 Å². The Kier molecular flexibility index (Phi) is 2.85. The van der Waals surface area contributed by atoms with E-state index >= 15 is 0 Å². The van der Waals surface area contributed by atoms with Crippen molar-refractivity contribution in [2.45, 2.75) is 20.4 Å². The fraction of sp³-hybridized carbons (Fsp3) is 0.214. The van der Waals surface area contributed by atoms with Crippen LogP contribution >= 0.6 is 0 Å². The molecule has 2 aromatic heterocycles. The highest BCUT2D eigenvalue weighted by atomic mass is 19.1. The first-order chi connectivity index (χ1) is 9.56. The number of benzene rings is 1. The minimum absolute atomic E-state index is 0.256. The Morgan fingerprint density at radius 3 is 2.60 bits per heavy atom. The lowest BCUT2D eigenvalue weighted by molar-refractivity contribution is 0.446. The van der Waals surface area contributed by atoms with Crippen LogP contribution in [0.25, 0.3) is 11.0 Å². The Labute approximate surface area is 113 Å². The molecule has 0 bridgehead atoms. The number of hydrogen-bond donors (Lipinski definition) is 0. The Bertz CT molecular complexity index is 834. The van der Waals surface area contributed by atoms with Crippen molar-refractivity contribution in [1.29, 1.82) is 0 Å². The second kappa shape index (κ2) is 4.56. The average molecular weight is 273 g/mol. The summed E-state index contributed by atoms with van der Waals surface area (Å²) in [5.74, 6) is -0.310. The minimum atomic E-state index is -0.310. The van der Waals surface area contributed by atoms with Crippen molar-refractivity contribution in [3.05, 3.63) is 57.4 Å². The van der Waals surface area contributed by atoms with Crippen LogP contribution in [-0.2, 0) is 6.54 Å². The number of aromatic nitrogens is 3. The lowest BCUT2D eigenvalue weighted by Crippen LogP contribution is -2.24. The number of aryl methyl sites for hydroxylation is 2. The molecule has 2 heterocycles. The van der Waals surface area contributed by atoms with E-state index in [9.17, 15) is 9.18 Å². The van der Waals surface area contributed by atoms with E-state index in [2.05, 4.69) is 10.3 Å². The third kappa shape index (κ3) is 1.99. The van der Waals surface area contributed by atoms with E-state index in [1.165, 1.54) is 16.8 Å². The van der Waals surface area contributed by atoms with Gasteiger partial charge in [0.25, 0.3) is 5.56 Å². The van der Waals surface area contributed by atoms with Crippen molar-refractivity contribution < 1.29 is 8.91 Å². The molecule has 0 radical (unpaired) electrons. The van der Waals surface area contributed by atoms with Crippen LogP contribution in [0.2, 0.25) is 0 Å². The van der Waals surface area contributed by atoms with Gasteiger partial charge in [-0.25, -0.2) is 9.07 Å². The van der Waals surface area contributed by atoms with E-state index < -0.39 is 0 Å². The highest BCUT2D eigenvalue weighted by Gasteiger charge is 2.15. The van der Waals surface area contributed by atoms with Crippen LogP contribution in [0.3, 0.4) is 0 Å². The summed E-state index contributed by atoms with van der Waals surface area (Å²) < 4.78 is 19.3. The maximum absolute atomic E-state index is 12.9. The lowest BCUT2D eigenvalue weighted by Gasteiger charge is -2.06. The van der Waals surface area contributed by atoms with Crippen molar-refractivity contribution in [3.63, 3.8) is 0 Å². The predicted molar refractivity (Wildman–Crippen MR) is 71.0 cm³/mol. The van der Waals surface area contributed by atoms with E-state index in [1.54, 1.807) is 26.0 Å². The van der Waals surface area contributed by atoms with E-state index in [1.807, 2.05) is 0 Å². The fourth-order valence-electron chi connectivity index (χ4n) is 2.14. The number of fused-ring (bicyclic) bond motifs is 1. The monoisotopic (exact) mass is 273 g/mol. The van der Waals surface area contributed by atoms with Crippen LogP contribution in [0.15, 0.2) is 33.6 Å². The zero-order valence-corrected chi connectivity index (χ0v) is 11.1. The molecule has 0 saturated carbocycles. The zero-order chi connectivity index (χ0) is 14.3. The smallest absolute Gasteiger partial charge is 0.280 e. The molecule has 6 heteroatoms. The molecular formula is C14H12FN3O2. The second-order valence-electron chi connectivity index (χ2n) is 4.65. The van der Waals surface area contributed by atoms with Crippen LogP contribution in [0.5, 0.6) is 0 Å². The van der Waals surface area contributed by atoms with E-state index in [0.717, 1.165) is 5.56 Å². The Balaban J connectivity index is 2.12. The molecule has 0 aliphatic carbocycles. The zero-order valence-electron chi connectivity index (χ0n) is 11.1. The Hall–Kier alpha value is -2.50. The van der Waals surface area contributed by atoms with Crippen LogP contribution in [0.4, 0.5) is 4.39 Å². The third-order valence-electron chi connectivity index (χ3n) is 3.16. The molecule has 5 nitrogen and oxygen atoms in total. The summed E-state index contributed by atoms with van der Waals surface area (Å²) in [6, 6.07) is 5.97. The van der Waals surface area contributed by atoms with Crippen LogP contribution < -0.4 is 5.56 Å². The molecule has 3 rings (SSSR count). The highest BCUT2D eigenvalue weighted by Crippen LogP contribution is 2.16. The first-order valence-corrected chi connectivity index (χ1v) is 6.14. The van der Waals surface area contributed by atoms with Gasteiger partial charge in [-0.3, -0.25) is 4.79 Å². The molecule has 1 aromatic carbocycles. The van der Waals surface area contributed by atoms with E-state index in [-0.39, 0.29) is 17.9 Å². The molecule has 0 spiro atoms. The van der Waals surface area contributed by atoms with Gasteiger partial charge in [0.1, 0.15) is 16.9 Å². The number of nitrogens with zero attached hydrogens (tertiary/aromatic N) is 3. The molecule has 20 heavy (non-hydrogen) atoms. The van der Waals surface area contributed by atoms with Crippen LogP contribution in [0, 0.1) is 19.7 Å². The molecule has 0 saturated heterocycles. The van der Waals surface area contributed by atoms with Crippen LogP contribution in [0.1, 0.15) is 17.0 Å². The summed E-state index contributed by atoms with van der Waals surface area (Å²) in [6.07, 6.45) is 0. The van der Waals surface area contributed by atoms with Gasteiger partial charge in [0, 0.05) is 0 Å². The Morgan fingerprint density at radius 1 is 1.20 bits per heavy atom. The molecule has 0 aliphatic rings. The normalized spacial score (nSPS) is 11.2. The summed E-state index contributed by atoms with van der Waals surface area (Å²) in [4.78, 5) is 12.4. The molecule has 0 fully saturated rings. The standard InChI is InChI=1S/C14H12FN3O2/c1-8-12-13(20-17-8)9(2)16-18(14(12)19)7-10-3-5-11(15)6-4-10/h3-6H,7H2,1-2H3. The SMILES string of the molecule is Cc1nn(Cc2ccc(F)cc2)c(=O)c2c(C)noc12. The summed E-state index contributed by atoms with van der Waals surface area (Å²) in [5.41, 5.74) is 2.11. The van der Waals surface area contributed by atoms with Crippen molar-refractivity contribution in [3.8, 4) is 0 Å². The number of hydrogen-bond acceptors (Lipinski definition) is 4. The molecule has 3 aromatic rings. The fourth-order valence-corrected chi connectivity index (χ4v) is 2.14. The van der Waals surface area contributed by atoms with Gasteiger partial charge in [0.05, 0.1) is 12.2 Å². The van der Waals surface area contributed by atoms with Gasteiger partial charge >= 0.3 is 0 Å². The topological polar surface area (TPSA) is 60.9 Å². The highest BCUT2D eigenvalue weighted by molar-refractivity contribution is 5.79. The largest absolute Gasteiger partial charge is 0.354 e. The molecular weight excluding hydrogens is 261 g/mol. The van der Waals surface area contributed by atoms with Gasteiger partial charge in [-0.05, 0) is 31.5 Å². The average Bonchev–Trinajstić information content (AvgIpc) is 2.81. The minimum Gasteiger partial charge on any atom is -0.354 e. The first-order valence-electron chi connectivity index (χ1n) is 6.14. The molecule has 102 valence electrons. The van der Waals surface area contributed by atoms with Gasteiger partial charge in [0.2, 0.25) is 0 Å². The predicted octanol–water partition coefficient (Wildman–Crippen LogP) is 2.19. The maximum Gasteiger partial charge on any atom is 0.280 e. The summed E-state index contributed by atoms with van der Waals surface area (Å²) >= 11 is 0. The van der Waals surface area contributed by atoms with Gasteiger partial charge < -0.3 is 4.52 Å². The van der Waals surface area contributed by atoms with Gasteiger partial charge in [-0.15, -0.1) is 0 Å². The summed E-state index contributed by atoms with van der Waals surface area (Å²) in [7, 11) is 0. The molecule has 0 unspecified atom stereocenters. The van der Waals surface area contributed by atoms with Crippen molar-refractivity contribution in [2.75, 3.05) is 0 Å². The molecule has 0 amide bonds. The number of halogens is 1. The number of rotatable bonds is 2.